The maximum atomic E-state index is 13.5. The van der Waals surface area contributed by atoms with E-state index in [0.717, 1.165) is 62.0 Å². The Morgan fingerprint density at radius 3 is 2.52 bits per heavy atom. The standard InChI is InChI=1S/C31H40N8O3/c1-36-14-7-6-8-22(18-36)33-29-25-12-11-21(16-27(25)30(40)38(3)34-29)17-39-31(41)26-10-5-4-9-24(26)28(35-39)32-13-15-37(2)23-19-42-20-23/h4-5,9-12,16,22-23H,6-8,13-15,17-20H2,1-3H3,(H,32,35)(H,33,34). The summed E-state index contributed by atoms with van der Waals surface area (Å²) in [6.07, 6.45) is 3.41. The molecule has 4 aromatic rings. The molecule has 4 heterocycles. The Labute approximate surface area is 245 Å². The number of likely N-dealkylation sites (tertiary alicyclic amines) is 1. The fourth-order valence-electron chi connectivity index (χ4n) is 5.90. The minimum atomic E-state index is -0.169. The molecule has 0 bridgehead atoms. The zero-order valence-corrected chi connectivity index (χ0v) is 24.7. The molecule has 0 spiro atoms. The predicted molar refractivity (Wildman–Crippen MR) is 167 cm³/mol. The van der Waals surface area contributed by atoms with Crippen molar-refractivity contribution in [2.75, 3.05) is 64.1 Å². The number of nitrogens with one attached hydrogen (secondary N) is 2. The summed E-state index contributed by atoms with van der Waals surface area (Å²) in [5.41, 5.74) is 0.492. The van der Waals surface area contributed by atoms with Crippen molar-refractivity contribution < 1.29 is 4.74 Å². The Balaban J connectivity index is 1.28. The number of hydrogen-bond acceptors (Lipinski definition) is 9. The Morgan fingerprint density at radius 1 is 0.952 bits per heavy atom. The van der Waals surface area contributed by atoms with E-state index in [1.54, 1.807) is 7.05 Å². The van der Waals surface area contributed by atoms with Gasteiger partial charge in [0.25, 0.3) is 11.1 Å². The minimum absolute atomic E-state index is 0.164. The van der Waals surface area contributed by atoms with Crippen LogP contribution < -0.4 is 21.8 Å². The quantitative estimate of drug-likeness (QED) is 0.312. The summed E-state index contributed by atoms with van der Waals surface area (Å²) in [5.74, 6) is 1.38. The van der Waals surface area contributed by atoms with Gasteiger partial charge < -0.3 is 20.3 Å². The second-order valence-electron chi connectivity index (χ2n) is 11.7. The van der Waals surface area contributed by atoms with Gasteiger partial charge in [-0.2, -0.15) is 10.2 Å². The van der Waals surface area contributed by atoms with Crippen LogP contribution in [0.3, 0.4) is 0 Å². The van der Waals surface area contributed by atoms with Gasteiger partial charge in [0.15, 0.2) is 11.6 Å². The van der Waals surface area contributed by atoms with Crippen molar-refractivity contribution in [3.8, 4) is 0 Å². The number of aryl methyl sites for hydroxylation is 1. The molecule has 222 valence electrons. The topological polar surface area (TPSA) is 110 Å². The smallest absolute Gasteiger partial charge is 0.275 e. The zero-order chi connectivity index (χ0) is 29.2. The van der Waals surface area contributed by atoms with Gasteiger partial charge in [-0.05, 0) is 51.2 Å². The lowest BCUT2D eigenvalue weighted by Gasteiger charge is -2.34. The van der Waals surface area contributed by atoms with E-state index in [1.807, 2.05) is 42.5 Å². The molecule has 2 aliphatic heterocycles. The van der Waals surface area contributed by atoms with Gasteiger partial charge in [-0.25, -0.2) is 9.36 Å². The molecular formula is C31H40N8O3. The van der Waals surface area contributed by atoms with Crippen molar-refractivity contribution in [3.05, 3.63) is 68.7 Å². The second kappa shape index (κ2) is 12.2. The SMILES string of the molecule is CN1CCCCC(Nc2nn(C)c(=O)c3cc(Cn4nc(NCCN(C)C5COC5)c5ccccc5c4=O)ccc23)C1. The maximum absolute atomic E-state index is 13.5. The summed E-state index contributed by atoms with van der Waals surface area (Å²) in [6, 6.07) is 14.0. The number of likely N-dealkylation sites (N-methyl/N-ethyl adjacent to an activating group) is 2. The summed E-state index contributed by atoms with van der Waals surface area (Å²) >= 11 is 0. The molecule has 42 heavy (non-hydrogen) atoms. The Hall–Kier alpha value is -3.80. The molecule has 2 saturated heterocycles. The fourth-order valence-corrected chi connectivity index (χ4v) is 5.90. The number of anilines is 2. The highest BCUT2D eigenvalue weighted by molar-refractivity contribution is 5.92. The molecule has 2 N–H and O–H groups in total. The van der Waals surface area contributed by atoms with Crippen molar-refractivity contribution in [3.63, 3.8) is 0 Å². The third kappa shape index (κ3) is 5.90. The first kappa shape index (κ1) is 28.3. The molecule has 2 aromatic heterocycles. The monoisotopic (exact) mass is 572 g/mol. The highest BCUT2D eigenvalue weighted by Gasteiger charge is 2.23. The van der Waals surface area contributed by atoms with Gasteiger partial charge >= 0.3 is 0 Å². The third-order valence-electron chi connectivity index (χ3n) is 8.53. The van der Waals surface area contributed by atoms with Gasteiger partial charge in [-0.15, -0.1) is 0 Å². The van der Waals surface area contributed by atoms with Gasteiger partial charge in [-0.3, -0.25) is 14.5 Å². The molecule has 11 heteroatoms. The number of ether oxygens (including phenoxy) is 1. The molecule has 0 saturated carbocycles. The minimum Gasteiger partial charge on any atom is -0.378 e. The molecule has 0 aliphatic carbocycles. The van der Waals surface area contributed by atoms with Gasteiger partial charge in [-0.1, -0.05) is 36.8 Å². The number of hydrogen-bond donors (Lipinski definition) is 2. The van der Waals surface area contributed by atoms with Crippen LogP contribution in [0.4, 0.5) is 11.6 Å². The third-order valence-corrected chi connectivity index (χ3v) is 8.53. The first-order valence-electron chi connectivity index (χ1n) is 14.8. The maximum Gasteiger partial charge on any atom is 0.275 e. The summed E-state index contributed by atoms with van der Waals surface area (Å²) < 4.78 is 8.19. The summed E-state index contributed by atoms with van der Waals surface area (Å²) in [4.78, 5) is 31.3. The van der Waals surface area contributed by atoms with E-state index < -0.39 is 0 Å². The average Bonchev–Trinajstić information content (AvgIpc) is 3.16. The Bertz CT molecular complexity index is 1700. The summed E-state index contributed by atoms with van der Waals surface area (Å²) in [7, 11) is 5.92. The molecule has 2 fully saturated rings. The van der Waals surface area contributed by atoms with Crippen molar-refractivity contribution >= 4 is 33.2 Å². The highest BCUT2D eigenvalue weighted by atomic mass is 16.5. The molecule has 1 unspecified atom stereocenters. The van der Waals surface area contributed by atoms with Gasteiger partial charge in [0.05, 0.1) is 36.6 Å². The first-order valence-corrected chi connectivity index (χ1v) is 14.8. The normalized spacial score (nSPS) is 18.3. The van der Waals surface area contributed by atoms with Crippen molar-refractivity contribution in [2.24, 2.45) is 7.05 Å². The lowest BCUT2D eigenvalue weighted by molar-refractivity contribution is -0.0546. The van der Waals surface area contributed by atoms with Gasteiger partial charge in [0.2, 0.25) is 0 Å². The van der Waals surface area contributed by atoms with Crippen molar-refractivity contribution in [1.82, 2.24) is 29.4 Å². The van der Waals surface area contributed by atoms with E-state index in [9.17, 15) is 9.59 Å². The number of fused-ring (bicyclic) bond motifs is 2. The Kier molecular flexibility index (Phi) is 8.23. The predicted octanol–water partition coefficient (Wildman–Crippen LogP) is 2.33. The van der Waals surface area contributed by atoms with E-state index in [0.29, 0.717) is 35.0 Å². The van der Waals surface area contributed by atoms with Crippen molar-refractivity contribution in [1.29, 1.82) is 0 Å². The number of aromatic nitrogens is 4. The van der Waals surface area contributed by atoms with Crippen LogP contribution in [0.15, 0.2) is 52.1 Å². The first-order chi connectivity index (χ1) is 20.4. The largest absolute Gasteiger partial charge is 0.378 e. The Morgan fingerprint density at radius 2 is 1.74 bits per heavy atom. The number of benzene rings is 2. The molecule has 0 radical (unpaired) electrons. The molecule has 11 nitrogen and oxygen atoms in total. The van der Waals surface area contributed by atoms with E-state index in [2.05, 4.69) is 39.6 Å². The van der Waals surface area contributed by atoms with Crippen LogP contribution in [0.5, 0.6) is 0 Å². The highest BCUT2D eigenvalue weighted by Crippen LogP contribution is 2.23. The molecule has 0 amide bonds. The number of nitrogens with zero attached hydrogens (tertiary/aromatic N) is 6. The summed E-state index contributed by atoms with van der Waals surface area (Å²) in [6.45, 7) is 5.32. The van der Waals surface area contributed by atoms with E-state index in [1.165, 1.54) is 15.8 Å². The molecule has 2 aromatic carbocycles. The number of rotatable bonds is 9. The zero-order valence-electron chi connectivity index (χ0n) is 24.7. The van der Waals surface area contributed by atoms with Gasteiger partial charge in [0.1, 0.15) is 0 Å². The van der Waals surface area contributed by atoms with Crippen LogP contribution in [0.1, 0.15) is 24.8 Å². The van der Waals surface area contributed by atoms with Crippen LogP contribution in [-0.2, 0) is 18.3 Å². The van der Waals surface area contributed by atoms with Crippen LogP contribution in [0.2, 0.25) is 0 Å². The van der Waals surface area contributed by atoms with Gasteiger partial charge in [0, 0.05) is 43.5 Å². The van der Waals surface area contributed by atoms with Crippen molar-refractivity contribution in [2.45, 2.75) is 37.9 Å². The average molecular weight is 573 g/mol. The van der Waals surface area contributed by atoms with E-state index >= 15 is 0 Å². The molecular weight excluding hydrogens is 532 g/mol. The lowest BCUT2D eigenvalue weighted by atomic mass is 10.1. The lowest BCUT2D eigenvalue weighted by Crippen LogP contribution is -2.48. The second-order valence-corrected chi connectivity index (χ2v) is 11.7. The molecule has 6 rings (SSSR count). The summed E-state index contributed by atoms with van der Waals surface area (Å²) in [5, 5.41) is 19.1. The van der Waals surface area contributed by atoms with Crippen LogP contribution >= 0.6 is 0 Å². The molecule has 2 aliphatic rings. The van der Waals surface area contributed by atoms with Crippen LogP contribution in [-0.4, -0.2) is 94.9 Å². The van der Waals surface area contributed by atoms with Crippen LogP contribution in [0.25, 0.3) is 21.5 Å². The van der Waals surface area contributed by atoms with Crippen LogP contribution in [0, 0.1) is 0 Å². The fraction of sp³-hybridized carbons (Fsp3) is 0.484. The van der Waals surface area contributed by atoms with E-state index in [4.69, 9.17) is 9.84 Å². The molecule has 1 atom stereocenters. The van der Waals surface area contributed by atoms with E-state index in [-0.39, 0.29) is 23.7 Å².